The molecule has 1 atom stereocenters. The van der Waals surface area contributed by atoms with E-state index in [1.807, 2.05) is 31.2 Å². The first-order valence-electron chi connectivity index (χ1n) is 7.27. The highest BCUT2D eigenvalue weighted by Gasteiger charge is 2.23. The molecule has 1 aromatic carbocycles. The van der Waals surface area contributed by atoms with E-state index in [4.69, 9.17) is 0 Å². The average molecular weight is 276 g/mol. The minimum Gasteiger partial charge on any atom is -0.387 e. The Bertz CT molecular complexity index is 454. The maximum absolute atomic E-state index is 12.1. The Morgan fingerprint density at radius 3 is 2.70 bits per heavy atom. The molecule has 4 nitrogen and oxygen atoms in total. The maximum atomic E-state index is 12.1. The fraction of sp³-hybridized carbons (Fsp3) is 0.562. The molecule has 1 aliphatic rings. The number of hydrogen-bond donors (Lipinski definition) is 2. The Kier molecular flexibility index (Phi) is 5.15. The average Bonchev–Trinajstić information content (AvgIpc) is 2.45. The van der Waals surface area contributed by atoms with Gasteiger partial charge >= 0.3 is 0 Å². The second-order valence-electron chi connectivity index (χ2n) is 5.70. The molecule has 110 valence electrons. The fourth-order valence-electron chi connectivity index (χ4n) is 2.68. The van der Waals surface area contributed by atoms with E-state index < -0.39 is 6.10 Å². The molecule has 1 aliphatic heterocycles. The first-order chi connectivity index (χ1) is 9.58. The molecule has 1 saturated heterocycles. The molecule has 20 heavy (non-hydrogen) atoms. The summed E-state index contributed by atoms with van der Waals surface area (Å²) in [4.78, 5) is 14.3. The molecule has 1 unspecified atom stereocenters. The fourth-order valence-corrected chi connectivity index (χ4v) is 2.68. The largest absolute Gasteiger partial charge is 0.387 e. The van der Waals surface area contributed by atoms with Crippen LogP contribution in [0.15, 0.2) is 24.3 Å². The zero-order valence-electron chi connectivity index (χ0n) is 12.3. The van der Waals surface area contributed by atoms with Crippen LogP contribution in [-0.4, -0.2) is 42.6 Å². The Morgan fingerprint density at radius 1 is 1.40 bits per heavy atom. The standard InChI is InChI=1S/C16H24N2O2/c1-12-5-3-4-6-14(12)15(19)11-17-16(20)13-7-9-18(2)10-8-13/h3-6,13,15,19H,7-11H2,1-2H3,(H,17,20). The smallest absolute Gasteiger partial charge is 0.223 e. The van der Waals surface area contributed by atoms with Gasteiger partial charge in [0.25, 0.3) is 0 Å². The summed E-state index contributed by atoms with van der Waals surface area (Å²) in [7, 11) is 2.08. The number of piperidine rings is 1. The van der Waals surface area contributed by atoms with Gasteiger partial charge in [0.15, 0.2) is 0 Å². The van der Waals surface area contributed by atoms with Gasteiger partial charge in [-0.3, -0.25) is 4.79 Å². The number of benzene rings is 1. The molecule has 1 aromatic rings. The second-order valence-corrected chi connectivity index (χ2v) is 5.70. The zero-order valence-corrected chi connectivity index (χ0v) is 12.3. The Morgan fingerprint density at radius 2 is 2.05 bits per heavy atom. The van der Waals surface area contributed by atoms with Crippen molar-refractivity contribution in [2.45, 2.75) is 25.9 Å². The van der Waals surface area contributed by atoms with E-state index in [1.54, 1.807) is 0 Å². The number of hydrogen-bond acceptors (Lipinski definition) is 3. The summed E-state index contributed by atoms with van der Waals surface area (Å²) in [5, 5.41) is 13.1. The van der Waals surface area contributed by atoms with Crippen molar-refractivity contribution in [2.24, 2.45) is 5.92 Å². The van der Waals surface area contributed by atoms with E-state index in [0.717, 1.165) is 37.1 Å². The van der Waals surface area contributed by atoms with Crippen LogP contribution in [0.3, 0.4) is 0 Å². The van der Waals surface area contributed by atoms with Gasteiger partial charge in [0.2, 0.25) is 5.91 Å². The zero-order chi connectivity index (χ0) is 14.5. The van der Waals surface area contributed by atoms with Crippen LogP contribution in [0.2, 0.25) is 0 Å². The molecule has 0 bridgehead atoms. The lowest BCUT2D eigenvalue weighted by Gasteiger charge is -2.28. The quantitative estimate of drug-likeness (QED) is 0.876. The lowest BCUT2D eigenvalue weighted by molar-refractivity contribution is -0.126. The van der Waals surface area contributed by atoms with Gasteiger partial charge in [-0.05, 0) is 51.0 Å². The van der Waals surface area contributed by atoms with Crippen LogP contribution in [0.4, 0.5) is 0 Å². The van der Waals surface area contributed by atoms with Gasteiger partial charge in [-0.2, -0.15) is 0 Å². The topological polar surface area (TPSA) is 52.6 Å². The summed E-state index contributed by atoms with van der Waals surface area (Å²) in [5.74, 6) is 0.168. The number of aliphatic hydroxyl groups excluding tert-OH is 1. The van der Waals surface area contributed by atoms with Crippen LogP contribution in [0, 0.1) is 12.8 Å². The molecule has 0 spiro atoms. The third-order valence-corrected chi connectivity index (χ3v) is 4.11. The van der Waals surface area contributed by atoms with Crippen LogP contribution in [0.25, 0.3) is 0 Å². The molecule has 0 radical (unpaired) electrons. The lowest BCUT2D eigenvalue weighted by Crippen LogP contribution is -2.40. The van der Waals surface area contributed by atoms with Crippen molar-refractivity contribution in [1.29, 1.82) is 0 Å². The van der Waals surface area contributed by atoms with Crippen molar-refractivity contribution < 1.29 is 9.90 Å². The monoisotopic (exact) mass is 276 g/mol. The van der Waals surface area contributed by atoms with Crippen molar-refractivity contribution in [3.63, 3.8) is 0 Å². The van der Waals surface area contributed by atoms with Crippen LogP contribution >= 0.6 is 0 Å². The van der Waals surface area contributed by atoms with Gasteiger partial charge < -0.3 is 15.3 Å². The Hall–Kier alpha value is -1.39. The van der Waals surface area contributed by atoms with Crippen molar-refractivity contribution in [1.82, 2.24) is 10.2 Å². The molecule has 1 heterocycles. The number of amides is 1. The predicted molar refractivity (Wildman–Crippen MR) is 79.4 cm³/mol. The Balaban J connectivity index is 1.83. The van der Waals surface area contributed by atoms with Gasteiger partial charge in [-0.15, -0.1) is 0 Å². The molecular formula is C16H24N2O2. The summed E-state index contributed by atoms with van der Waals surface area (Å²) in [6, 6.07) is 7.73. The molecule has 2 rings (SSSR count). The van der Waals surface area contributed by atoms with Gasteiger partial charge in [0, 0.05) is 12.5 Å². The molecule has 2 N–H and O–H groups in total. The maximum Gasteiger partial charge on any atom is 0.223 e. The van der Waals surface area contributed by atoms with E-state index >= 15 is 0 Å². The van der Waals surface area contributed by atoms with Gasteiger partial charge in [0.05, 0.1) is 6.10 Å². The lowest BCUT2D eigenvalue weighted by atomic mass is 9.96. The molecule has 0 saturated carbocycles. The van der Waals surface area contributed by atoms with Crippen molar-refractivity contribution in [3.05, 3.63) is 35.4 Å². The third-order valence-electron chi connectivity index (χ3n) is 4.11. The predicted octanol–water partition coefficient (Wildman–Crippen LogP) is 1.49. The van der Waals surface area contributed by atoms with Gasteiger partial charge in [-0.1, -0.05) is 24.3 Å². The first-order valence-corrected chi connectivity index (χ1v) is 7.27. The van der Waals surface area contributed by atoms with Crippen LogP contribution in [0.5, 0.6) is 0 Å². The number of likely N-dealkylation sites (tertiary alicyclic amines) is 1. The third kappa shape index (κ3) is 3.81. The van der Waals surface area contributed by atoms with Crippen molar-refractivity contribution in [3.8, 4) is 0 Å². The minimum atomic E-state index is -0.633. The summed E-state index contributed by atoms with van der Waals surface area (Å²) >= 11 is 0. The summed E-state index contributed by atoms with van der Waals surface area (Å²) < 4.78 is 0. The van der Waals surface area contributed by atoms with Crippen LogP contribution in [0.1, 0.15) is 30.1 Å². The van der Waals surface area contributed by atoms with E-state index in [-0.39, 0.29) is 18.4 Å². The number of nitrogens with one attached hydrogen (secondary N) is 1. The molecule has 4 heteroatoms. The Labute approximate surface area is 120 Å². The van der Waals surface area contributed by atoms with E-state index in [0.29, 0.717) is 0 Å². The molecule has 0 aromatic heterocycles. The normalized spacial score (nSPS) is 18.8. The minimum absolute atomic E-state index is 0.0748. The molecule has 1 fully saturated rings. The van der Waals surface area contributed by atoms with Crippen LogP contribution in [-0.2, 0) is 4.79 Å². The van der Waals surface area contributed by atoms with E-state index in [2.05, 4.69) is 17.3 Å². The number of carbonyl (C=O) groups excluding carboxylic acids is 1. The highest BCUT2D eigenvalue weighted by Crippen LogP contribution is 2.18. The SMILES string of the molecule is Cc1ccccc1C(O)CNC(=O)C1CCN(C)CC1. The number of aliphatic hydroxyl groups is 1. The summed E-state index contributed by atoms with van der Waals surface area (Å²) in [6.07, 6.45) is 1.18. The molecule has 1 amide bonds. The molecular weight excluding hydrogens is 252 g/mol. The first kappa shape index (κ1) is 15.0. The highest BCUT2D eigenvalue weighted by atomic mass is 16.3. The number of rotatable bonds is 4. The van der Waals surface area contributed by atoms with Gasteiger partial charge in [0.1, 0.15) is 0 Å². The van der Waals surface area contributed by atoms with Crippen LogP contribution < -0.4 is 5.32 Å². The summed E-state index contributed by atoms with van der Waals surface area (Å²) in [5.41, 5.74) is 1.93. The highest BCUT2D eigenvalue weighted by molar-refractivity contribution is 5.78. The van der Waals surface area contributed by atoms with E-state index in [1.165, 1.54) is 0 Å². The second kappa shape index (κ2) is 6.86. The number of nitrogens with zero attached hydrogens (tertiary/aromatic N) is 1. The van der Waals surface area contributed by atoms with Crippen molar-refractivity contribution >= 4 is 5.91 Å². The number of carbonyl (C=O) groups is 1. The van der Waals surface area contributed by atoms with Gasteiger partial charge in [-0.25, -0.2) is 0 Å². The van der Waals surface area contributed by atoms with E-state index in [9.17, 15) is 9.90 Å². The number of aryl methyl sites for hydroxylation is 1. The molecule has 0 aliphatic carbocycles. The van der Waals surface area contributed by atoms with Crippen molar-refractivity contribution in [2.75, 3.05) is 26.7 Å². The summed E-state index contributed by atoms with van der Waals surface area (Å²) in [6.45, 7) is 4.20.